The van der Waals surface area contributed by atoms with Gasteiger partial charge in [-0.05, 0) is 55.5 Å². The molecule has 0 aliphatic heterocycles. The van der Waals surface area contributed by atoms with Crippen molar-refractivity contribution >= 4 is 27.9 Å². The number of hydrogen-bond donors (Lipinski definition) is 1. The van der Waals surface area contributed by atoms with E-state index < -0.39 is 0 Å². The molecule has 30 heavy (non-hydrogen) atoms. The number of ether oxygens (including phenoxy) is 2. The second-order valence-corrected chi connectivity index (χ2v) is 6.89. The molecule has 8 nitrogen and oxygen atoms in total. The minimum Gasteiger partial charge on any atom is -0.497 e. The second-order valence-electron chi connectivity index (χ2n) is 5.94. The Balaban J connectivity index is 0.00000124. The maximum atomic E-state index is 12.1. The highest BCUT2D eigenvalue weighted by Crippen LogP contribution is 2.26. The van der Waals surface area contributed by atoms with Crippen LogP contribution in [0.3, 0.4) is 0 Å². The average Bonchev–Trinajstić information content (AvgIpc) is 3.37. The summed E-state index contributed by atoms with van der Waals surface area (Å²) in [4.78, 5) is 12.8. The number of nitrogens with one attached hydrogen (secondary N) is 1. The molecule has 1 amide bonds. The van der Waals surface area contributed by atoms with E-state index in [0.29, 0.717) is 11.4 Å². The van der Waals surface area contributed by atoms with Crippen molar-refractivity contribution < 1.29 is 14.3 Å². The molecule has 0 aliphatic carbocycles. The highest BCUT2D eigenvalue weighted by molar-refractivity contribution is 7.19. The van der Waals surface area contributed by atoms with Gasteiger partial charge in [0.2, 0.25) is 4.96 Å². The summed E-state index contributed by atoms with van der Waals surface area (Å²) in [5.74, 6) is 1.85. The number of rotatable bonds is 6. The summed E-state index contributed by atoms with van der Waals surface area (Å²) in [7, 11) is 1.60. The Kier molecular flexibility index (Phi) is 6.97. The standard InChI is InChI=1S/C19H17N5O3S.C2H6/c1-12-21-22-19-24(12)23-18(28-19)13-3-5-14(6-4-13)20-17(25)11-27-16-9-7-15(26-2)8-10-16;1-2/h3-10H,11H2,1-2H3,(H,20,25);1-2H3. The molecule has 4 rings (SSSR count). The number of nitrogens with zero attached hydrogens (tertiary/aromatic N) is 4. The normalized spacial score (nSPS) is 10.3. The minimum atomic E-state index is -0.238. The Labute approximate surface area is 178 Å². The molecule has 0 saturated heterocycles. The molecular formula is C21H23N5O3S. The average molecular weight is 426 g/mol. The lowest BCUT2D eigenvalue weighted by atomic mass is 10.2. The van der Waals surface area contributed by atoms with Crippen LogP contribution >= 0.6 is 11.3 Å². The highest BCUT2D eigenvalue weighted by Gasteiger charge is 2.11. The Morgan fingerprint density at radius 2 is 1.70 bits per heavy atom. The molecule has 0 fully saturated rings. The van der Waals surface area contributed by atoms with Gasteiger partial charge < -0.3 is 14.8 Å². The highest BCUT2D eigenvalue weighted by atomic mass is 32.1. The number of methoxy groups -OCH3 is 1. The van der Waals surface area contributed by atoms with Crippen LogP contribution in [0.5, 0.6) is 11.5 Å². The maximum absolute atomic E-state index is 12.1. The molecule has 0 saturated carbocycles. The van der Waals surface area contributed by atoms with Gasteiger partial charge in [-0.3, -0.25) is 4.79 Å². The van der Waals surface area contributed by atoms with Gasteiger partial charge in [0.1, 0.15) is 16.5 Å². The number of fused-ring (bicyclic) bond motifs is 1. The van der Waals surface area contributed by atoms with Gasteiger partial charge >= 0.3 is 0 Å². The maximum Gasteiger partial charge on any atom is 0.262 e. The lowest BCUT2D eigenvalue weighted by molar-refractivity contribution is -0.118. The predicted octanol–water partition coefficient (Wildman–Crippen LogP) is 4.21. The van der Waals surface area contributed by atoms with Crippen molar-refractivity contribution in [1.82, 2.24) is 19.8 Å². The summed E-state index contributed by atoms with van der Waals surface area (Å²) in [5.41, 5.74) is 1.63. The van der Waals surface area contributed by atoms with Gasteiger partial charge in [-0.15, -0.1) is 10.2 Å². The number of aromatic nitrogens is 4. The number of carbonyl (C=O) groups excluding carboxylic acids is 1. The zero-order chi connectivity index (χ0) is 21.5. The zero-order valence-corrected chi connectivity index (χ0v) is 18.1. The van der Waals surface area contributed by atoms with Crippen LogP contribution in [0.15, 0.2) is 48.5 Å². The quantitative estimate of drug-likeness (QED) is 0.498. The summed E-state index contributed by atoms with van der Waals surface area (Å²) in [6.45, 7) is 5.78. The third-order valence-corrected chi connectivity index (χ3v) is 4.94. The van der Waals surface area contributed by atoms with Gasteiger partial charge in [0, 0.05) is 11.3 Å². The lowest BCUT2D eigenvalue weighted by Gasteiger charge is -2.08. The van der Waals surface area contributed by atoms with Gasteiger partial charge in [-0.1, -0.05) is 25.2 Å². The van der Waals surface area contributed by atoms with Crippen molar-refractivity contribution in [1.29, 1.82) is 0 Å². The molecule has 0 atom stereocenters. The van der Waals surface area contributed by atoms with Crippen molar-refractivity contribution in [2.75, 3.05) is 19.0 Å². The largest absolute Gasteiger partial charge is 0.497 e. The molecule has 1 N–H and O–H groups in total. The molecule has 0 aliphatic rings. The summed E-state index contributed by atoms with van der Waals surface area (Å²) in [5, 5.41) is 16.2. The molecule has 156 valence electrons. The smallest absolute Gasteiger partial charge is 0.262 e. The SMILES string of the molecule is CC.COc1ccc(OCC(=O)Nc2ccc(-c3nn4c(C)nnc4s3)cc2)cc1. The molecule has 2 heterocycles. The fraction of sp³-hybridized carbons (Fsp3) is 0.238. The predicted molar refractivity (Wildman–Crippen MR) is 117 cm³/mol. The third kappa shape index (κ3) is 4.93. The van der Waals surface area contributed by atoms with Crippen molar-refractivity contribution in [3.8, 4) is 22.1 Å². The molecule has 2 aromatic carbocycles. The van der Waals surface area contributed by atoms with Crippen LogP contribution in [-0.4, -0.2) is 39.4 Å². The van der Waals surface area contributed by atoms with Gasteiger partial charge in [-0.25, -0.2) is 0 Å². The van der Waals surface area contributed by atoms with Crippen LogP contribution in [0.1, 0.15) is 19.7 Å². The van der Waals surface area contributed by atoms with Crippen LogP contribution in [0.4, 0.5) is 5.69 Å². The van der Waals surface area contributed by atoms with Crippen LogP contribution in [0.2, 0.25) is 0 Å². The number of anilines is 1. The van der Waals surface area contributed by atoms with E-state index in [-0.39, 0.29) is 12.5 Å². The molecule has 4 aromatic rings. The van der Waals surface area contributed by atoms with Gasteiger partial charge in [0.05, 0.1) is 7.11 Å². The van der Waals surface area contributed by atoms with E-state index >= 15 is 0 Å². The summed E-state index contributed by atoms with van der Waals surface area (Å²) < 4.78 is 12.3. The van der Waals surface area contributed by atoms with E-state index in [9.17, 15) is 4.79 Å². The molecule has 0 radical (unpaired) electrons. The van der Waals surface area contributed by atoms with Crippen molar-refractivity contribution in [3.05, 3.63) is 54.4 Å². The molecule has 0 unspecified atom stereocenters. The second kappa shape index (κ2) is 9.84. The van der Waals surface area contributed by atoms with Crippen LogP contribution in [-0.2, 0) is 4.79 Å². The Morgan fingerprint density at radius 3 is 2.33 bits per heavy atom. The van der Waals surface area contributed by atoms with Gasteiger partial charge in [0.15, 0.2) is 12.4 Å². The lowest BCUT2D eigenvalue weighted by Crippen LogP contribution is -2.20. The monoisotopic (exact) mass is 425 g/mol. The van der Waals surface area contributed by atoms with E-state index in [4.69, 9.17) is 9.47 Å². The number of hydrogen-bond acceptors (Lipinski definition) is 7. The van der Waals surface area contributed by atoms with E-state index in [0.717, 1.165) is 27.1 Å². The summed E-state index contributed by atoms with van der Waals surface area (Å²) in [6.07, 6.45) is 0. The number of carbonyl (C=O) groups is 1. The first-order valence-corrected chi connectivity index (χ1v) is 10.3. The fourth-order valence-corrected chi connectivity index (χ4v) is 3.44. The molecule has 0 spiro atoms. The van der Waals surface area contributed by atoms with Crippen molar-refractivity contribution in [3.63, 3.8) is 0 Å². The Bertz CT molecular complexity index is 1100. The van der Waals surface area contributed by atoms with Crippen LogP contribution < -0.4 is 14.8 Å². The van der Waals surface area contributed by atoms with E-state index in [1.807, 2.05) is 45.0 Å². The number of aryl methyl sites for hydroxylation is 1. The molecule has 0 bridgehead atoms. The zero-order valence-electron chi connectivity index (χ0n) is 17.2. The molecule has 9 heteroatoms. The Morgan fingerprint density at radius 1 is 1.03 bits per heavy atom. The minimum absolute atomic E-state index is 0.0793. The van der Waals surface area contributed by atoms with Crippen LogP contribution in [0, 0.1) is 6.92 Å². The number of benzene rings is 2. The first-order chi connectivity index (χ1) is 14.6. The van der Waals surface area contributed by atoms with E-state index in [1.165, 1.54) is 11.3 Å². The first-order valence-electron chi connectivity index (χ1n) is 9.48. The Hall–Kier alpha value is -3.46. The van der Waals surface area contributed by atoms with E-state index in [2.05, 4.69) is 20.6 Å². The third-order valence-electron chi connectivity index (χ3n) is 3.99. The summed E-state index contributed by atoms with van der Waals surface area (Å²) >= 11 is 1.46. The molecular weight excluding hydrogens is 402 g/mol. The summed E-state index contributed by atoms with van der Waals surface area (Å²) in [6, 6.07) is 14.5. The van der Waals surface area contributed by atoms with Crippen molar-refractivity contribution in [2.24, 2.45) is 0 Å². The molecule has 2 aromatic heterocycles. The van der Waals surface area contributed by atoms with Gasteiger partial charge in [0.25, 0.3) is 5.91 Å². The number of amides is 1. The van der Waals surface area contributed by atoms with Gasteiger partial charge in [-0.2, -0.15) is 9.61 Å². The first kappa shape index (κ1) is 21.3. The topological polar surface area (TPSA) is 90.6 Å². The van der Waals surface area contributed by atoms with Crippen LogP contribution in [0.25, 0.3) is 15.5 Å². The fourth-order valence-electron chi connectivity index (χ4n) is 2.55. The van der Waals surface area contributed by atoms with E-state index in [1.54, 1.807) is 35.9 Å². The van der Waals surface area contributed by atoms with Crippen molar-refractivity contribution in [2.45, 2.75) is 20.8 Å².